The number of rotatable bonds is 3. The second-order valence-electron chi connectivity index (χ2n) is 8.34. The number of aryl methyl sites for hydroxylation is 1. The van der Waals surface area contributed by atoms with Crippen LogP contribution in [-0.2, 0) is 16.4 Å². The van der Waals surface area contributed by atoms with Crippen LogP contribution >= 0.6 is 0 Å². The lowest BCUT2D eigenvalue weighted by atomic mass is 9.99. The van der Waals surface area contributed by atoms with Gasteiger partial charge in [-0.1, -0.05) is 6.07 Å². The molecule has 0 bridgehead atoms. The van der Waals surface area contributed by atoms with Gasteiger partial charge in [-0.3, -0.25) is 9.10 Å². The van der Waals surface area contributed by atoms with Crippen LogP contribution in [-0.4, -0.2) is 51.8 Å². The van der Waals surface area contributed by atoms with Gasteiger partial charge < -0.3 is 14.4 Å². The van der Waals surface area contributed by atoms with E-state index in [2.05, 4.69) is 0 Å². The Balaban J connectivity index is 1.42. The third-order valence-electron chi connectivity index (χ3n) is 6.27. The van der Waals surface area contributed by atoms with E-state index >= 15 is 0 Å². The average molecular weight is 443 g/mol. The quantitative estimate of drug-likeness (QED) is 0.730. The largest absolute Gasteiger partial charge is 0.486 e. The summed E-state index contributed by atoms with van der Waals surface area (Å²) in [4.78, 5) is 15.3. The summed E-state index contributed by atoms with van der Waals surface area (Å²) in [6, 6.07) is 11.3. The fraction of sp³-hybridized carbons (Fsp3) is 0.435. The van der Waals surface area contributed by atoms with Crippen LogP contribution in [0.25, 0.3) is 0 Å². The van der Waals surface area contributed by atoms with Crippen LogP contribution in [0.4, 0.5) is 5.69 Å². The second kappa shape index (κ2) is 7.75. The van der Waals surface area contributed by atoms with Crippen LogP contribution < -0.4 is 13.8 Å². The standard InChI is InChI=1S/C23H26N2O5S/c1-31(27,28)25-11-2-4-16-14-18(6-8-20(16)25)23(26)24-10-3-5-19(24)17-7-9-21-22(15-17)30-13-12-29-21/h6-9,14-15,19H,2-5,10-13H2,1H3/t19-/m1/s1. The van der Waals surface area contributed by atoms with Gasteiger partial charge in [0.2, 0.25) is 10.0 Å². The van der Waals surface area contributed by atoms with Gasteiger partial charge in [0.05, 0.1) is 18.0 Å². The van der Waals surface area contributed by atoms with Crippen molar-refractivity contribution in [2.45, 2.75) is 31.7 Å². The number of anilines is 1. The van der Waals surface area contributed by atoms with E-state index < -0.39 is 10.0 Å². The number of fused-ring (bicyclic) bond motifs is 2. The van der Waals surface area contributed by atoms with Crippen molar-refractivity contribution in [1.82, 2.24) is 4.90 Å². The highest BCUT2D eigenvalue weighted by atomic mass is 32.2. The zero-order valence-electron chi connectivity index (χ0n) is 17.5. The van der Waals surface area contributed by atoms with Crippen LogP contribution in [0.1, 0.15) is 46.8 Å². The van der Waals surface area contributed by atoms with E-state index in [4.69, 9.17) is 9.47 Å². The summed E-state index contributed by atoms with van der Waals surface area (Å²) in [5.74, 6) is 1.46. The van der Waals surface area contributed by atoms with Crippen molar-refractivity contribution in [2.75, 3.05) is 36.9 Å². The molecule has 7 nitrogen and oxygen atoms in total. The molecule has 164 valence electrons. The zero-order valence-corrected chi connectivity index (χ0v) is 18.4. The van der Waals surface area contributed by atoms with E-state index in [-0.39, 0.29) is 11.9 Å². The fourth-order valence-electron chi connectivity index (χ4n) is 4.83. The summed E-state index contributed by atoms with van der Waals surface area (Å²) in [7, 11) is -3.32. The van der Waals surface area contributed by atoms with Crippen molar-refractivity contribution < 1.29 is 22.7 Å². The normalized spacial score (nSPS) is 20.5. The number of likely N-dealkylation sites (tertiary alicyclic amines) is 1. The first kappa shape index (κ1) is 20.2. The van der Waals surface area contributed by atoms with E-state index in [0.717, 1.165) is 48.3 Å². The number of hydrogen-bond donors (Lipinski definition) is 0. The summed E-state index contributed by atoms with van der Waals surface area (Å²) >= 11 is 0. The van der Waals surface area contributed by atoms with Gasteiger partial charge in [0.15, 0.2) is 11.5 Å². The predicted molar refractivity (Wildman–Crippen MR) is 117 cm³/mol. The van der Waals surface area contributed by atoms with Crippen LogP contribution in [0, 0.1) is 0 Å². The highest BCUT2D eigenvalue weighted by Gasteiger charge is 2.32. The number of benzene rings is 2. The minimum absolute atomic E-state index is 0.00752. The SMILES string of the molecule is CS(=O)(=O)N1CCCc2cc(C(=O)N3CCC[C@@H]3c3ccc4c(c3)OCCO4)ccc21. The number of ether oxygens (including phenoxy) is 2. The van der Waals surface area contributed by atoms with Gasteiger partial charge in [-0.15, -0.1) is 0 Å². The summed E-state index contributed by atoms with van der Waals surface area (Å²) in [6.45, 7) is 2.26. The number of amides is 1. The second-order valence-corrected chi connectivity index (χ2v) is 10.2. The Bertz CT molecular complexity index is 1130. The molecule has 3 heterocycles. The van der Waals surface area contributed by atoms with Gasteiger partial charge in [0.1, 0.15) is 13.2 Å². The van der Waals surface area contributed by atoms with E-state index in [9.17, 15) is 13.2 Å². The summed E-state index contributed by atoms with van der Waals surface area (Å²) < 4.78 is 37.0. The van der Waals surface area contributed by atoms with Gasteiger partial charge in [-0.2, -0.15) is 0 Å². The molecule has 1 fully saturated rings. The fourth-order valence-corrected chi connectivity index (χ4v) is 5.83. The molecule has 3 aliphatic rings. The summed E-state index contributed by atoms with van der Waals surface area (Å²) in [5, 5.41) is 0. The van der Waals surface area contributed by atoms with Crippen LogP contribution in [0.5, 0.6) is 11.5 Å². The number of nitrogens with zero attached hydrogens (tertiary/aromatic N) is 2. The Morgan fingerprint density at radius 3 is 2.61 bits per heavy atom. The minimum Gasteiger partial charge on any atom is -0.486 e. The maximum Gasteiger partial charge on any atom is 0.254 e. The molecule has 1 saturated heterocycles. The molecule has 2 aromatic carbocycles. The van der Waals surface area contributed by atoms with E-state index in [1.54, 1.807) is 12.1 Å². The molecule has 31 heavy (non-hydrogen) atoms. The molecular formula is C23H26N2O5S. The first-order valence-electron chi connectivity index (χ1n) is 10.7. The monoisotopic (exact) mass is 442 g/mol. The summed E-state index contributed by atoms with van der Waals surface area (Å²) in [6.07, 6.45) is 4.59. The van der Waals surface area contributed by atoms with Crippen molar-refractivity contribution in [3.63, 3.8) is 0 Å². The highest BCUT2D eigenvalue weighted by molar-refractivity contribution is 7.92. The lowest BCUT2D eigenvalue weighted by Crippen LogP contribution is -2.35. The molecular weight excluding hydrogens is 416 g/mol. The number of hydrogen-bond acceptors (Lipinski definition) is 5. The molecule has 0 spiro atoms. The zero-order chi connectivity index (χ0) is 21.6. The Morgan fingerprint density at radius 2 is 1.81 bits per heavy atom. The van der Waals surface area contributed by atoms with Crippen LogP contribution in [0.2, 0.25) is 0 Å². The number of sulfonamides is 1. The van der Waals surface area contributed by atoms with Gasteiger partial charge in [0, 0.05) is 18.7 Å². The molecule has 0 unspecified atom stereocenters. The average Bonchev–Trinajstić information content (AvgIpc) is 3.26. The van der Waals surface area contributed by atoms with Gasteiger partial charge >= 0.3 is 0 Å². The smallest absolute Gasteiger partial charge is 0.254 e. The Labute approximate surface area is 182 Å². The van der Waals surface area contributed by atoms with Crippen LogP contribution in [0.15, 0.2) is 36.4 Å². The van der Waals surface area contributed by atoms with Crippen molar-refractivity contribution >= 4 is 21.6 Å². The number of carbonyl (C=O) groups excluding carboxylic acids is 1. The molecule has 8 heteroatoms. The number of carbonyl (C=O) groups is 1. The van der Waals surface area contributed by atoms with Crippen LogP contribution in [0.3, 0.4) is 0 Å². The Morgan fingerprint density at radius 1 is 1.00 bits per heavy atom. The van der Waals surface area contributed by atoms with Crippen molar-refractivity contribution in [3.05, 3.63) is 53.1 Å². The minimum atomic E-state index is -3.32. The maximum absolute atomic E-state index is 13.4. The molecule has 0 aliphatic carbocycles. The lowest BCUT2D eigenvalue weighted by Gasteiger charge is -2.30. The van der Waals surface area contributed by atoms with E-state index in [1.165, 1.54) is 10.6 Å². The molecule has 1 amide bonds. The Kier molecular flexibility index (Phi) is 5.04. The molecule has 2 aromatic rings. The van der Waals surface area contributed by atoms with Crippen molar-refractivity contribution in [2.24, 2.45) is 0 Å². The molecule has 0 aromatic heterocycles. The first-order valence-corrected chi connectivity index (χ1v) is 12.6. The predicted octanol–water partition coefficient (Wildman–Crippen LogP) is 3.15. The molecule has 5 rings (SSSR count). The topological polar surface area (TPSA) is 76.2 Å². The van der Waals surface area contributed by atoms with Gasteiger partial charge in [0.25, 0.3) is 5.91 Å². The molecule has 1 atom stereocenters. The molecule has 0 saturated carbocycles. The van der Waals surface area contributed by atoms with Crippen molar-refractivity contribution in [1.29, 1.82) is 0 Å². The molecule has 0 radical (unpaired) electrons. The third-order valence-corrected chi connectivity index (χ3v) is 7.45. The Hall–Kier alpha value is -2.74. The lowest BCUT2D eigenvalue weighted by molar-refractivity contribution is 0.0735. The van der Waals surface area contributed by atoms with E-state index in [0.29, 0.717) is 37.6 Å². The highest BCUT2D eigenvalue weighted by Crippen LogP contribution is 2.39. The van der Waals surface area contributed by atoms with Gasteiger partial charge in [-0.25, -0.2) is 8.42 Å². The maximum atomic E-state index is 13.4. The van der Waals surface area contributed by atoms with E-state index in [1.807, 2.05) is 29.2 Å². The summed E-state index contributed by atoms with van der Waals surface area (Å²) in [5.41, 5.74) is 3.27. The first-order chi connectivity index (χ1) is 14.9. The van der Waals surface area contributed by atoms with Crippen molar-refractivity contribution in [3.8, 4) is 11.5 Å². The molecule has 3 aliphatic heterocycles. The molecule has 0 N–H and O–H groups in total. The third kappa shape index (κ3) is 3.73. The van der Waals surface area contributed by atoms with Gasteiger partial charge in [-0.05, 0) is 67.1 Å².